The summed E-state index contributed by atoms with van der Waals surface area (Å²) in [7, 11) is 5.31. The summed E-state index contributed by atoms with van der Waals surface area (Å²) in [5.74, 6) is -0.548. The molecule has 0 aliphatic rings. The van der Waals surface area contributed by atoms with Gasteiger partial charge in [-0.15, -0.1) is 0 Å². The van der Waals surface area contributed by atoms with Crippen LogP contribution < -0.4 is 0 Å². The van der Waals surface area contributed by atoms with E-state index in [2.05, 4.69) is 5.10 Å². The van der Waals surface area contributed by atoms with Gasteiger partial charge in [0.05, 0.1) is 5.56 Å². The van der Waals surface area contributed by atoms with E-state index in [9.17, 15) is 13.2 Å². The smallest absolute Gasteiger partial charge is 0.267 e. The number of nitrogens with zero attached hydrogens (tertiary/aromatic N) is 3. The molecule has 3 nitrogen and oxygen atoms in total. The first-order valence-electron chi connectivity index (χ1n) is 6.13. The molecule has 0 bridgehead atoms. The van der Waals surface area contributed by atoms with Crippen LogP contribution in [0.3, 0.4) is 0 Å². The quantitative estimate of drug-likeness (QED) is 0.859. The second kappa shape index (κ2) is 5.66. The zero-order valence-corrected chi connectivity index (χ0v) is 11.6. The number of alkyl halides is 2. The molecular formula is C14H16F3N3. The molecule has 0 aliphatic heterocycles. The molecule has 1 aromatic heterocycles. The Balaban J connectivity index is 2.51. The lowest BCUT2D eigenvalue weighted by atomic mass is 10.0. The third-order valence-electron chi connectivity index (χ3n) is 2.88. The molecule has 0 N–H and O–H groups in total. The summed E-state index contributed by atoms with van der Waals surface area (Å²) in [4.78, 5) is 1.92. The van der Waals surface area contributed by atoms with Crippen LogP contribution in [0.5, 0.6) is 0 Å². The van der Waals surface area contributed by atoms with Crippen molar-refractivity contribution in [2.24, 2.45) is 7.05 Å². The highest BCUT2D eigenvalue weighted by molar-refractivity contribution is 5.64. The summed E-state index contributed by atoms with van der Waals surface area (Å²) < 4.78 is 41.2. The molecule has 0 fully saturated rings. The Kier molecular flexibility index (Phi) is 4.13. The largest absolute Gasteiger partial charge is 0.305 e. The lowest BCUT2D eigenvalue weighted by Gasteiger charge is -2.11. The van der Waals surface area contributed by atoms with Gasteiger partial charge >= 0.3 is 0 Å². The molecule has 2 aromatic rings. The van der Waals surface area contributed by atoms with Crippen LogP contribution in [0.2, 0.25) is 0 Å². The van der Waals surface area contributed by atoms with Crippen molar-refractivity contribution < 1.29 is 13.2 Å². The van der Waals surface area contributed by atoms with Crippen LogP contribution in [-0.2, 0) is 13.6 Å². The Morgan fingerprint density at radius 2 is 2.00 bits per heavy atom. The average Bonchev–Trinajstić information content (AvgIpc) is 2.73. The lowest BCUT2D eigenvalue weighted by Crippen LogP contribution is -2.10. The molecule has 0 saturated carbocycles. The van der Waals surface area contributed by atoms with E-state index in [0.29, 0.717) is 6.54 Å². The molecule has 0 radical (unpaired) electrons. The minimum atomic E-state index is -2.68. The van der Waals surface area contributed by atoms with E-state index < -0.39 is 12.2 Å². The fraction of sp³-hybridized carbons (Fsp3) is 0.357. The number of hydrogen-bond donors (Lipinski definition) is 0. The Hall–Kier alpha value is -1.82. The van der Waals surface area contributed by atoms with Gasteiger partial charge in [-0.1, -0.05) is 6.07 Å². The van der Waals surface area contributed by atoms with Gasteiger partial charge in [-0.2, -0.15) is 5.10 Å². The molecule has 0 amide bonds. The fourth-order valence-electron chi connectivity index (χ4n) is 2.09. The summed E-state index contributed by atoms with van der Waals surface area (Å²) >= 11 is 0. The molecular weight excluding hydrogens is 267 g/mol. The summed E-state index contributed by atoms with van der Waals surface area (Å²) in [6, 6.07) is 4.51. The Bertz CT molecular complexity index is 606. The molecule has 108 valence electrons. The fourth-order valence-corrected chi connectivity index (χ4v) is 2.09. The summed E-state index contributed by atoms with van der Waals surface area (Å²) in [5, 5.41) is 3.97. The predicted octanol–water partition coefficient (Wildman–Crippen LogP) is 3.23. The molecule has 0 unspecified atom stereocenters. The van der Waals surface area contributed by atoms with Crippen molar-refractivity contribution in [2.75, 3.05) is 14.1 Å². The normalized spacial score (nSPS) is 11.6. The highest BCUT2D eigenvalue weighted by atomic mass is 19.3. The van der Waals surface area contributed by atoms with Crippen molar-refractivity contribution in [3.8, 4) is 11.3 Å². The average molecular weight is 283 g/mol. The summed E-state index contributed by atoms with van der Waals surface area (Å²) in [6.45, 7) is 0.601. The molecule has 20 heavy (non-hydrogen) atoms. The third-order valence-corrected chi connectivity index (χ3v) is 2.88. The lowest BCUT2D eigenvalue weighted by molar-refractivity contribution is 0.152. The van der Waals surface area contributed by atoms with Crippen molar-refractivity contribution in [3.05, 3.63) is 41.3 Å². The Morgan fingerprint density at radius 3 is 2.60 bits per heavy atom. The van der Waals surface area contributed by atoms with Crippen molar-refractivity contribution in [1.82, 2.24) is 14.7 Å². The topological polar surface area (TPSA) is 21.1 Å². The van der Waals surface area contributed by atoms with Crippen molar-refractivity contribution in [2.45, 2.75) is 13.0 Å². The third kappa shape index (κ3) is 3.01. The minimum absolute atomic E-state index is 0.000561. The number of aromatic nitrogens is 2. The zero-order chi connectivity index (χ0) is 14.9. The zero-order valence-electron chi connectivity index (χ0n) is 11.6. The number of aryl methyl sites for hydroxylation is 1. The van der Waals surface area contributed by atoms with Crippen LogP contribution in [0, 0.1) is 5.82 Å². The van der Waals surface area contributed by atoms with E-state index in [0.717, 1.165) is 5.56 Å². The van der Waals surface area contributed by atoms with Crippen molar-refractivity contribution in [3.63, 3.8) is 0 Å². The monoisotopic (exact) mass is 283 g/mol. The Morgan fingerprint density at radius 1 is 1.30 bits per heavy atom. The van der Waals surface area contributed by atoms with Crippen LogP contribution in [0.1, 0.15) is 17.6 Å². The van der Waals surface area contributed by atoms with Gasteiger partial charge in [-0.3, -0.25) is 4.68 Å². The van der Waals surface area contributed by atoms with Crippen molar-refractivity contribution in [1.29, 1.82) is 0 Å². The van der Waals surface area contributed by atoms with E-state index in [1.165, 1.54) is 24.0 Å². The molecule has 0 aliphatic carbocycles. The number of hydrogen-bond acceptors (Lipinski definition) is 2. The standard InChI is InChI=1S/C14H16F3N3/c1-19(2)7-9-4-5-12(15)10(6-9)13-11(14(16)17)8-20(3)18-13/h4-6,8,14H,7H2,1-3H3. The van der Waals surface area contributed by atoms with Gasteiger partial charge < -0.3 is 4.90 Å². The summed E-state index contributed by atoms with van der Waals surface area (Å²) in [5.41, 5.74) is 0.700. The molecule has 2 rings (SSSR count). The summed E-state index contributed by atoms with van der Waals surface area (Å²) in [6.07, 6.45) is -1.46. The molecule has 0 saturated heterocycles. The number of rotatable bonds is 4. The van der Waals surface area contributed by atoms with E-state index >= 15 is 0 Å². The van der Waals surface area contributed by atoms with Crippen LogP contribution in [-0.4, -0.2) is 28.8 Å². The van der Waals surface area contributed by atoms with E-state index in [1.807, 2.05) is 19.0 Å². The van der Waals surface area contributed by atoms with Gasteiger partial charge in [-0.25, -0.2) is 13.2 Å². The molecule has 0 spiro atoms. The molecule has 6 heteroatoms. The van der Waals surface area contributed by atoms with Gasteiger partial charge in [-0.05, 0) is 31.8 Å². The highest BCUT2D eigenvalue weighted by Crippen LogP contribution is 2.32. The van der Waals surface area contributed by atoms with Crippen LogP contribution >= 0.6 is 0 Å². The maximum Gasteiger partial charge on any atom is 0.267 e. The van der Waals surface area contributed by atoms with Gasteiger partial charge in [0.15, 0.2) is 0 Å². The highest BCUT2D eigenvalue weighted by Gasteiger charge is 2.21. The van der Waals surface area contributed by atoms with Gasteiger partial charge in [0.25, 0.3) is 6.43 Å². The molecule has 0 atom stereocenters. The molecule has 1 aromatic carbocycles. The first-order valence-corrected chi connectivity index (χ1v) is 6.13. The maximum atomic E-state index is 13.9. The van der Waals surface area contributed by atoms with Gasteiger partial charge in [0, 0.05) is 25.4 Å². The maximum absolute atomic E-state index is 13.9. The van der Waals surface area contributed by atoms with Crippen molar-refractivity contribution >= 4 is 0 Å². The Labute approximate surface area is 115 Å². The van der Waals surface area contributed by atoms with E-state index in [4.69, 9.17) is 0 Å². The second-order valence-electron chi connectivity index (χ2n) is 4.96. The first kappa shape index (κ1) is 14.6. The van der Waals surface area contributed by atoms with Gasteiger partial charge in [0.1, 0.15) is 11.5 Å². The first-order chi connectivity index (χ1) is 9.38. The van der Waals surface area contributed by atoms with Crippen LogP contribution in [0.4, 0.5) is 13.2 Å². The van der Waals surface area contributed by atoms with Gasteiger partial charge in [0.2, 0.25) is 0 Å². The van der Waals surface area contributed by atoms with E-state index in [1.54, 1.807) is 12.1 Å². The predicted molar refractivity (Wildman–Crippen MR) is 71.0 cm³/mol. The van der Waals surface area contributed by atoms with Crippen LogP contribution in [0.25, 0.3) is 11.3 Å². The minimum Gasteiger partial charge on any atom is -0.305 e. The second-order valence-corrected chi connectivity index (χ2v) is 4.96. The van der Waals surface area contributed by atoms with E-state index in [-0.39, 0.29) is 16.8 Å². The number of halogens is 3. The SMILES string of the molecule is CN(C)Cc1ccc(F)c(-c2nn(C)cc2C(F)F)c1. The molecule has 1 heterocycles. The number of benzene rings is 1. The van der Waals surface area contributed by atoms with Crippen LogP contribution in [0.15, 0.2) is 24.4 Å².